The van der Waals surface area contributed by atoms with Crippen LogP contribution in [0.2, 0.25) is 0 Å². The second kappa shape index (κ2) is 18.1. The highest BCUT2D eigenvalue weighted by atomic mass is 32.2. The molecule has 7 rings (SSSR count). The van der Waals surface area contributed by atoms with Crippen molar-refractivity contribution in [2.45, 2.75) is 65.4 Å². The van der Waals surface area contributed by atoms with E-state index in [1.54, 1.807) is 17.0 Å². The van der Waals surface area contributed by atoms with Gasteiger partial charge in [0.05, 0.1) is 35.7 Å². The Kier molecular flexibility index (Phi) is 13.2. The van der Waals surface area contributed by atoms with Crippen LogP contribution < -0.4 is 15.5 Å². The average Bonchev–Trinajstić information content (AvgIpc) is 3.66. The summed E-state index contributed by atoms with van der Waals surface area (Å²) in [5.41, 5.74) is -1.04. The third-order valence-electron chi connectivity index (χ3n) is 12.9. The zero-order chi connectivity index (χ0) is 43.6. The highest BCUT2D eigenvalue weighted by Gasteiger charge is 2.54. The Morgan fingerprint density at radius 1 is 0.885 bits per heavy atom. The van der Waals surface area contributed by atoms with Gasteiger partial charge in [0, 0.05) is 48.3 Å². The number of carbonyl (C=O) groups excluding carboxylic acids is 2. The van der Waals surface area contributed by atoms with Gasteiger partial charge in [-0.2, -0.15) is 0 Å². The van der Waals surface area contributed by atoms with Crippen molar-refractivity contribution in [1.29, 1.82) is 0 Å². The number of carbonyl (C=O) groups is 2. The van der Waals surface area contributed by atoms with Crippen LogP contribution in [-0.2, 0) is 29.8 Å². The monoisotopic (exact) mass is 885 g/mol. The summed E-state index contributed by atoms with van der Waals surface area (Å²) in [6, 6.07) is 15.5. The number of methoxy groups -OCH3 is 1. The van der Waals surface area contributed by atoms with Gasteiger partial charge >= 0.3 is 6.09 Å². The fourth-order valence-corrected chi connectivity index (χ4v) is 11.7. The van der Waals surface area contributed by atoms with Crippen LogP contribution in [0, 0.1) is 23.5 Å². The van der Waals surface area contributed by atoms with Crippen molar-refractivity contribution in [3.8, 4) is 0 Å². The van der Waals surface area contributed by atoms with E-state index in [0.29, 0.717) is 13.1 Å². The van der Waals surface area contributed by atoms with Gasteiger partial charge < -0.3 is 25.2 Å². The first-order valence-electron chi connectivity index (χ1n) is 20.8. The summed E-state index contributed by atoms with van der Waals surface area (Å²) in [6.07, 6.45) is 7.02. The minimum Gasteiger partial charge on any atom is -0.453 e. The van der Waals surface area contributed by atoms with E-state index in [9.17, 15) is 26.4 Å². The smallest absolute Gasteiger partial charge is 0.407 e. The molecular weight excluding hydrogens is 832 g/mol. The minimum absolute atomic E-state index is 0.0167. The van der Waals surface area contributed by atoms with E-state index in [1.165, 1.54) is 49.6 Å². The van der Waals surface area contributed by atoms with Crippen molar-refractivity contribution in [2.75, 3.05) is 77.2 Å². The topological polar surface area (TPSA) is 145 Å². The number of nitrogens with zero attached hydrogens (tertiary/aromatic N) is 3. The third-order valence-corrected chi connectivity index (χ3v) is 15.4. The molecule has 61 heavy (non-hydrogen) atoms. The van der Waals surface area contributed by atoms with Gasteiger partial charge in [-0.25, -0.2) is 34.8 Å². The lowest BCUT2D eigenvalue weighted by molar-refractivity contribution is 0.00575. The molecule has 0 unspecified atom stereocenters. The maximum Gasteiger partial charge on any atom is 0.407 e. The summed E-state index contributed by atoms with van der Waals surface area (Å²) < 4.78 is 102. The van der Waals surface area contributed by atoms with E-state index in [2.05, 4.69) is 20.4 Å². The molecule has 3 saturated heterocycles. The molecule has 2 amide bonds. The number of piperidine rings is 1. The van der Waals surface area contributed by atoms with Crippen LogP contribution in [0.4, 0.5) is 23.7 Å². The lowest BCUT2D eigenvalue weighted by Gasteiger charge is -2.54. The Morgan fingerprint density at radius 3 is 2.26 bits per heavy atom. The fraction of sp³-hybridized carbons (Fsp3) is 0.500. The molecule has 1 aliphatic carbocycles. The molecule has 0 bridgehead atoms. The Balaban J connectivity index is 1.000. The van der Waals surface area contributed by atoms with Crippen LogP contribution in [0.25, 0.3) is 0 Å². The van der Waals surface area contributed by atoms with E-state index in [-0.39, 0.29) is 70.9 Å². The van der Waals surface area contributed by atoms with Crippen LogP contribution in [0.1, 0.15) is 54.4 Å². The summed E-state index contributed by atoms with van der Waals surface area (Å²) in [5, 5.41) is 6.55. The number of hydrogen-bond donors (Lipinski definition) is 2. The highest BCUT2D eigenvalue weighted by molar-refractivity contribution is 7.93. The number of likely N-dealkylation sites (tertiary alicyclic amines) is 2. The summed E-state index contributed by atoms with van der Waals surface area (Å²) in [7, 11) is -6.27. The predicted octanol–water partition coefficient (Wildman–Crippen LogP) is 5.49. The molecule has 330 valence electrons. The minimum atomic E-state index is -4.25. The number of rotatable bonds is 15. The second-order valence-corrected chi connectivity index (χ2v) is 21.0. The number of alkyl halides is 1. The SMILES string of the molecule is COC(=O)N[C@H]1CCC[C@@H]1[C@](CN1CCC1)(c1cccc(F)c1)C1CCN(CC2(F)CN(c3ccc(S(=O)(=O)c4cccc(C(=O)NC/C=C/S(C)(=O)=O)c4)cc3F)C2)CC1. The number of amides is 2. The number of ether oxygens (including phenoxy) is 1. The van der Waals surface area contributed by atoms with Crippen molar-refractivity contribution < 1.29 is 44.3 Å². The van der Waals surface area contributed by atoms with Crippen molar-refractivity contribution in [3.63, 3.8) is 0 Å². The summed E-state index contributed by atoms with van der Waals surface area (Å²) in [5.74, 6) is -1.55. The molecule has 12 nitrogen and oxygen atoms in total. The Hall–Kier alpha value is -4.45. The van der Waals surface area contributed by atoms with Gasteiger partial charge in [-0.15, -0.1) is 0 Å². The van der Waals surface area contributed by atoms with Crippen molar-refractivity contribution in [1.82, 2.24) is 20.4 Å². The lowest BCUT2D eigenvalue weighted by atomic mass is 9.57. The normalized spacial score (nSPS) is 22.3. The van der Waals surface area contributed by atoms with Gasteiger partial charge in [0.15, 0.2) is 15.5 Å². The van der Waals surface area contributed by atoms with E-state index >= 15 is 13.2 Å². The quantitative estimate of drug-likeness (QED) is 0.201. The zero-order valence-corrected chi connectivity index (χ0v) is 36.1. The van der Waals surface area contributed by atoms with Gasteiger partial charge in [0.25, 0.3) is 5.91 Å². The number of alkyl carbamates (subject to hydrolysis) is 1. The number of sulfone groups is 2. The van der Waals surface area contributed by atoms with E-state index < -0.39 is 48.6 Å². The summed E-state index contributed by atoms with van der Waals surface area (Å²) in [4.78, 5) is 30.7. The van der Waals surface area contributed by atoms with Crippen molar-refractivity contribution in [2.24, 2.45) is 11.8 Å². The Labute approximate surface area is 356 Å². The van der Waals surface area contributed by atoms with Crippen LogP contribution in [-0.4, -0.2) is 123 Å². The molecule has 0 spiro atoms. The number of nitrogens with one attached hydrogen (secondary N) is 2. The van der Waals surface area contributed by atoms with E-state index in [0.717, 1.165) is 87.5 Å². The molecule has 4 fully saturated rings. The number of anilines is 1. The van der Waals surface area contributed by atoms with Crippen LogP contribution in [0.15, 0.2) is 88.0 Å². The van der Waals surface area contributed by atoms with Crippen LogP contribution in [0.3, 0.4) is 0 Å². The Bertz CT molecular complexity index is 2350. The largest absolute Gasteiger partial charge is 0.453 e. The first-order chi connectivity index (χ1) is 29.0. The number of hydrogen-bond acceptors (Lipinski definition) is 10. The molecule has 0 aromatic heterocycles. The second-order valence-electron chi connectivity index (χ2n) is 17.1. The Morgan fingerprint density at radius 2 is 1.61 bits per heavy atom. The molecule has 4 aliphatic rings. The standard InChI is InChI=1S/C44H54F3N5O7S2/c1-59-42(54)49-39-13-5-12-37(39)44(30-50-19-7-20-50,33-9-4-10-34(45)25-33)32-16-21-51(22-17-32)27-43(47)28-52(29-43)40-15-14-36(26-38(40)46)61(57,58)35-11-3-8-31(24-35)41(53)48-18-6-23-60(2,55)56/h3-4,6,8-11,14-15,23-26,32,37,39H,5,7,12-13,16-22,27-30H2,1-2H3,(H,48,53)(H,49,54)/b23-6+/t37-,39-,44-/m0/s1. The van der Waals surface area contributed by atoms with E-state index in [1.807, 2.05) is 6.07 Å². The fourth-order valence-electron chi connectivity index (χ4n) is 9.98. The lowest BCUT2D eigenvalue weighted by Crippen LogP contribution is -2.65. The predicted molar refractivity (Wildman–Crippen MR) is 226 cm³/mol. The summed E-state index contributed by atoms with van der Waals surface area (Å²) in [6.45, 7) is 3.83. The number of halogens is 3. The van der Waals surface area contributed by atoms with Crippen molar-refractivity contribution >= 4 is 37.4 Å². The van der Waals surface area contributed by atoms with Crippen molar-refractivity contribution in [3.05, 3.63) is 101 Å². The molecule has 3 aromatic rings. The highest BCUT2D eigenvalue weighted by Crippen LogP contribution is 2.52. The van der Waals surface area contributed by atoms with Gasteiger partial charge in [0.1, 0.15) is 11.6 Å². The van der Waals surface area contributed by atoms with Gasteiger partial charge in [-0.1, -0.05) is 30.7 Å². The van der Waals surface area contributed by atoms with Gasteiger partial charge in [0.2, 0.25) is 9.84 Å². The first kappa shape index (κ1) is 44.6. The molecule has 3 heterocycles. The maximum atomic E-state index is 16.4. The maximum absolute atomic E-state index is 16.4. The van der Waals surface area contributed by atoms with Gasteiger partial charge in [-0.05, 0) is 124 Å². The molecule has 17 heteroatoms. The molecule has 1 saturated carbocycles. The molecule has 3 atom stereocenters. The average molecular weight is 886 g/mol. The van der Waals surface area contributed by atoms with Crippen LogP contribution in [0.5, 0.6) is 0 Å². The molecule has 0 radical (unpaired) electrons. The van der Waals surface area contributed by atoms with E-state index in [4.69, 9.17) is 4.74 Å². The third kappa shape index (κ3) is 9.95. The summed E-state index contributed by atoms with van der Waals surface area (Å²) >= 11 is 0. The van der Waals surface area contributed by atoms with Crippen LogP contribution >= 0.6 is 0 Å². The van der Waals surface area contributed by atoms with Gasteiger partial charge in [-0.3, -0.25) is 9.69 Å². The molecular formula is C44H54F3N5O7S2. The molecule has 3 aliphatic heterocycles. The first-order valence-corrected chi connectivity index (χ1v) is 24.2. The molecule has 2 N–H and O–H groups in total. The number of benzene rings is 3. The molecule has 3 aromatic carbocycles. The zero-order valence-electron chi connectivity index (χ0n) is 34.5.